The van der Waals surface area contributed by atoms with Crippen molar-refractivity contribution in [1.29, 1.82) is 0 Å². The minimum atomic E-state index is -4.51. The molecule has 32 heavy (non-hydrogen) atoms. The molecule has 0 aliphatic rings. The second-order valence-corrected chi connectivity index (χ2v) is 7.74. The Hall–Kier alpha value is -3.60. The number of anilines is 1. The molecule has 1 atom stereocenters. The van der Waals surface area contributed by atoms with Crippen molar-refractivity contribution in [2.45, 2.75) is 25.6 Å². The van der Waals surface area contributed by atoms with Gasteiger partial charge in [0.25, 0.3) is 0 Å². The maximum absolute atomic E-state index is 12.7. The Morgan fingerprint density at radius 3 is 2.56 bits per heavy atom. The first-order valence-corrected chi connectivity index (χ1v) is 10.1. The molecule has 0 fully saturated rings. The summed E-state index contributed by atoms with van der Waals surface area (Å²) in [6, 6.07) is 5.32. The lowest BCUT2D eigenvalue weighted by atomic mass is 9.99. The Morgan fingerprint density at radius 2 is 1.94 bits per heavy atom. The lowest BCUT2D eigenvalue weighted by molar-refractivity contribution is -0.134. The molecule has 2 N–H and O–H groups in total. The van der Waals surface area contributed by atoms with Crippen LogP contribution >= 0.6 is 11.3 Å². The summed E-state index contributed by atoms with van der Waals surface area (Å²) in [7, 11) is 0. The van der Waals surface area contributed by atoms with Gasteiger partial charge < -0.3 is 10.6 Å². The Labute approximate surface area is 185 Å². The van der Waals surface area contributed by atoms with Crippen molar-refractivity contribution in [3.63, 3.8) is 0 Å². The number of carbonyl (C=O) groups excluding carboxylic acids is 2. The van der Waals surface area contributed by atoms with Crippen LogP contribution in [0.25, 0.3) is 11.1 Å². The summed E-state index contributed by atoms with van der Waals surface area (Å²) in [5, 5.41) is 4.92. The number of pyridine rings is 2. The highest BCUT2D eigenvalue weighted by atomic mass is 32.1. The van der Waals surface area contributed by atoms with Crippen molar-refractivity contribution in [3.8, 4) is 11.1 Å². The first kappa shape index (κ1) is 23.1. The third-order valence-electron chi connectivity index (χ3n) is 4.46. The molecule has 0 radical (unpaired) electrons. The van der Waals surface area contributed by atoms with Crippen LogP contribution in [0.5, 0.6) is 0 Å². The predicted molar refractivity (Wildman–Crippen MR) is 114 cm³/mol. The maximum atomic E-state index is 12.7. The predicted octanol–water partition coefficient (Wildman–Crippen LogP) is 4.16. The van der Waals surface area contributed by atoms with Crippen molar-refractivity contribution >= 4 is 28.3 Å². The van der Waals surface area contributed by atoms with Gasteiger partial charge in [-0.05, 0) is 30.7 Å². The van der Waals surface area contributed by atoms with Crippen LogP contribution in [-0.4, -0.2) is 26.8 Å². The summed E-state index contributed by atoms with van der Waals surface area (Å²) in [5.41, 5.74) is 2.70. The lowest BCUT2D eigenvalue weighted by Gasteiger charge is -2.12. The molecular formula is C21H18F3N5O2S. The third kappa shape index (κ3) is 5.76. The van der Waals surface area contributed by atoms with Crippen LogP contribution in [0, 0.1) is 0 Å². The molecule has 3 aromatic rings. The average molecular weight is 461 g/mol. The van der Waals surface area contributed by atoms with Crippen molar-refractivity contribution < 1.29 is 22.8 Å². The standard InChI is InChI=1S/C21H18F3N5O2S/c1-3-18(30)27-10-16-5-4-13(9-26-16)15-6-14(7-25-8-15)12(2)19(31)29-20-28-11-17(32-20)21(22,23)24/h3-9,11-12H,1,10H2,2H3,(H,27,30)(H,28,29,31). The zero-order chi connectivity index (χ0) is 23.3. The van der Waals surface area contributed by atoms with Crippen molar-refractivity contribution in [3.05, 3.63) is 71.8 Å². The van der Waals surface area contributed by atoms with Crippen molar-refractivity contribution in [2.24, 2.45) is 0 Å². The summed E-state index contributed by atoms with van der Waals surface area (Å²) in [6.45, 7) is 5.26. The van der Waals surface area contributed by atoms with E-state index in [1.54, 1.807) is 31.5 Å². The molecule has 11 heteroatoms. The molecule has 0 spiro atoms. The summed E-state index contributed by atoms with van der Waals surface area (Å²) in [5.74, 6) is -1.48. The number of hydrogen-bond donors (Lipinski definition) is 2. The van der Waals surface area contributed by atoms with Crippen LogP contribution in [0.2, 0.25) is 0 Å². The smallest absolute Gasteiger partial charge is 0.347 e. The van der Waals surface area contributed by atoms with Crippen LogP contribution in [0.4, 0.5) is 18.3 Å². The molecule has 0 saturated heterocycles. The average Bonchev–Trinajstić information content (AvgIpc) is 3.26. The van der Waals surface area contributed by atoms with Crippen molar-refractivity contribution in [2.75, 3.05) is 5.32 Å². The number of thiazole rings is 1. The van der Waals surface area contributed by atoms with Gasteiger partial charge in [-0.25, -0.2) is 4.98 Å². The van der Waals surface area contributed by atoms with Gasteiger partial charge in [0.15, 0.2) is 5.13 Å². The fourth-order valence-electron chi connectivity index (χ4n) is 2.63. The summed E-state index contributed by atoms with van der Waals surface area (Å²) in [4.78, 5) is 34.9. The molecular weight excluding hydrogens is 443 g/mol. The number of alkyl halides is 3. The molecule has 0 bridgehead atoms. The van der Waals surface area contributed by atoms with E-state index in [1.807, 2.05) is 6.07 Å². The van der Waals surface area contributed by atoms with Gasteiger partial charge in [0.05, 0.1) is 24.4 Å². The molecule has 0 saturated carbocycles. The van der Waals surface area contributed by atoms with Crippen LogP contribution in [0.1, 0.15) is 29.0 Å². The molecule has 1 unspecified atom stereocenters. The van der Waals surface area contributed by atoms with Crippen LogP contribution < -0.4 is 10.6 Å². The number of nitrogens with zero attached hydrogens (tertiary/aromatic N) is 3. The van der Waals surface area contributed by atoms with E-state index in [9.17, 15) is 22.8 Å². The largest absolute Gasteiger partial charge is 0.427 e. The first-order chi connectivity index (χ1) is 15.2. The van der Waals surface area contributed by atoms with E-state index in [0.717, 1.165) is 5.56 Å². The zero-order valence-corrected chi connectivity index (χ0v) is 17.6. The van der Waals surface area contributed by atoms with E-state index < -0.39 is 22.9 Å². The Bertz CT molecular complexity index is 1130. The molecule has 166 valence electrons. The number of rotatable bonds is 7. The Morgan fingerprint density at radius 1 is 1.16 bits per heavy atom. The summed E-state index contributed by atoms with van der Waals surface area (Å²) < 4.78 is 38.1. The Kier molecular flexibility index (Phi) is 6.98. The number of amides is 2. The molecule has 0 aliphatic heterocycles. The summed E-state index contributed by atoms with van der Waals surface area (Å²) in [6.07, 6.45) is 2.10. The van der Waals surface area contributed by atoms with Gasteiger partial charge in [0, 0.05) is 29.7 Å². The van der Waals surface area contributed by atoms with E-state index >= 15 is 0 Å². The quantitative estimate of drug-likeness (QED) is 0.515. The van der Waals surface area contributed by atoms with Gasteiger partial charge in [0.2, 0.25) is 11.8 Å². The minimum absolute atomic E-state index is 0.123. The second-order valence-electron chi connectivity index (χ2n) is 6.71. The lowest BCUT2D eigenvalue weighted by Crippen LogP contribution is -2.20. The van der Waals surface area contributed by atoms with E-state index in [1.165, 1.54) is 12.3 Å². The maximum Gasteiger partial charge on any atom is 0.427 e. The number of nitrogens with one attached hydrogen (secondary N) is 2. The van der Waals surface area contributed by atoms with Gasteiger partial charge in [-0.3, -0.25) is 19.6 Å². The summed E-state index contributed by atoms with van der Waals surface area (Å²) >= 11 is 0.366. The molecule has 0 aromatic carbocycles. The molecule has 3 aromatic heterocycles. The van der Waals surface area contributed by atoms with E-state index in [2.05, 4.69) is 32.2 Å². The number of hydrogen-bond acceptors (Lipinski definition) is 6. The van der Waals surface area contributed by atoms with Crippen LogP contribution in [-0.2, 0) is 22.3 Å². The van der Waals surface area contributed by atoms with Gasteiger partial charge in [0.1, 0.15) is 4.88 Å². The van der Waals surface area contributed by atoms with E-state index in [0.29, 0.717) is 34.4 Å². The molecule has 3 heterocycles. The fraction of sp³-hybridized carbons (Fsp3) is 0.190. The SMILES string of the molecule is C=CC(=O)NCc1ccc(-c2cncc(C(C)C(=O)Nc3ncc(C(F)(F)F)s3)c2)cn1. The van der Waals surface area contributed by atoms with E-state index in [4.69, 9.17) is 0 Å². The monoisotopic (exact) mass is 461 g/mol. The third-order valence-corrected chi connectivity index (χ3v) is 5.41. The highest BCUT2D eigenvalue weighted by molar-refractivity contribution is 7.15. The number of halogens is 3. The number of carbonyl (C=O) groups is 2. The topological polar surface area (TPSA) is 96.9 Å². The normalized spacial score (nSPS) is 12.1. The highest BCUT2D eigenvalue weighted by Gasteiger charge is 2.33. The number of aromatic nitrogens is 3. The second kappa shape index (κ2) is 9.69. The van der Waals surface area contributed by atoms with Crippen molar-refractivity contribution in [1.82, 2.24) is 20.3 Å². The molecule has 2 amide bonds. The van der Waals surface area contributed by atoms with Crippen LogP contribution in [0.3, 0.4) is 0 Å². The zero-order valence-electron chi connectivity index (χ0n) is 16.8. The van der Waals surface area contributed by atoms with Crippen LogP contribution in [0.15, 0.2) is 55.6 Å². The van der Waals surface area contributed by atoms with E-state index in [-0.39, 0.29) is 17.6 Å². The highest BCUT2D eigenvalue weighted by Crippen LogP contribution is 2.35. The molecule has 0 aliphatic carbocycles. The van der Waals surface area contributed by atoms with Gasteiger partial charge in [-0.15, -0.1) is 0 Å². The first-order valence-electron chi connectivity index (χ1n) is 9.31. The van der Waals surface area contributed by atoms with Gasteiger partial charge >= 0.3 is 6.18 Å². The van der Waals surface area contributed by atoms with Gasteiger partial charge in [-0.2, -0.15) is 13.2 Å². The van der Waals surface area contributed by atoms with Gasteiger partial charge in [-0.1, -0.05) is 24.0 Å². The fourth-order valence-corrected chi connectivity index (χ4v) is 3.32. The Balaban J connectivity index is 1.69. The molecule has 3 rings (SSSR count). The minimum Gasteiger partial charge on any atom is -0.347 e. The molecule has 7 nitrogen and oxygen atoms in total.